The van der Waals surface area contributed by atoms with E-state index in [9.17, 15) is 17.8 Å². The molecule has 0 aromatic heterocycles. The van der Waals surface area contributed by atoms with Gasteiger partial charge in [-0.2, -0.15) is 0 Å². The first-order chi connectivity index (χ1) is 6.45. The minimum atomic E-state index is -4.44. The molecular weight excluding hydrogens is 227 g/mol. The second kappa shape index (κ2) is 5.58. The molecule has 0 aliphatic rings. The van der Waals surface area contributed by atoms with Crippen LogP contribution >= 0.6 is 0 Å². The van der Waals surface area contributed by atoms with E-state index >= 15 is 0 Å². The van der Waals surface area contributed by atoms with Crippen LogP contribution < -0.4 is 29.6 Å². The SMILES string of the molecule is C=CC(=O)c1ccc(S(=O)(=O)[O-])cc1.[Na+]. The molecule has 1 aromatic rings. The molecule has 74 valence electrons. The molecule has 0 amide bonds. The minimum Gasteiger partial charge on any atom is -0.744 e. The second-order valence-corrected chi connectivity index (χ2v) is 3.93. The zero-order valence-electron chi connectivity index (χ0n) is 8.14. The van der Waals surface area contributed by atoms with Gasteiger partial charge in [0.15, 0.2) is 5.78 Å². The molecule has 15 heavy (non-hydrogen) atoms. The summed E-state index contributed by atoms with van der Waals surface area (Å²) in [6.07, 6.45) is 1.11. The van der Waals surface area contributed by atoms with Crippen molar-refractivity contribution in [2.75, 3.05) is 0 Å². The Morgan fingerprint density at radius 1 is 1.27 bits per heavy atom. The summed E-state index contributed by atoms with van der Waals surface area (Å²) in [7, 11) is -4.44. The number of hydrogen-bond donors (Lipinski definition) is 0. The number of carbonyl (C=O) groups is 1. The second-order valence-electron chi connectivity index (χ2n) is 2.55. The summed E-state index contributed by atoms with van der Waals surface area (Å²) in [4.78, 5) is 10.7. The van der Waals surface area contributed by atoms with Crippen molar-refractivity contribution in [1.82, 2.24) is 0 Å². The predicted octanol–water partition coefficient (Wildman–Crippen LogP) is -2.04. The molecule has 0 saturated carbocycles. The van der Waals surface area contributed by atoms with Crippen LogP contribution in [-0.2, 0) is 10.1 Å². The zero-order chi connectivity index (χ0) is 10.8. The summed E-state index contributed by atoms with van der Waals surface area (Å²) in [5.74, 6) is -0.320. The minimum absolute atomic E-state index is 0. The third-order valence-corrected chi connectivity index (χ3v) is 2.46. The summed E-state index contributed by atoms with van der Waals surface area (Å²) < 4.78 is 31.6. The average molecular weight is 234 g/mol. The molecule has 0 saturated heterocycles. The van der Waals surface area contributed by atoms with Crippen molar-refractivity contribution in [3.8, 4) is 0 Å². The van der Waals surface area contributed by atoms with Crippen LogP contribution in [0.4, 0.5) is 0 Å². The molecule has 0 spiro atoms. The van der Waals surface area contributed by atoms with Gasteiger partial charge in [0.25, 0.3) is 0 Å². The standard InChI is InChI=1S/C9H8O4S.Na/c1-2-9(10)7-3-5-8(6-4-7)14(11,12)13;/h2-6H,1H2,(H,11,12,13);/q;+1/p-1. The molecule has 4 nitrogen and oxygen atoms in total. The Hall–Kier alpha value is -0.460. The Morgan fingerprint density at radius 3 is 2.07 bits per heavy atom. The van der Waals surface area contributed by atoms with Crippen molar-refractivity contribution < 1.29 is 47.3 Å². The van der Waals surface area contributed by atoms with Crippen LogP contribution in [0.1, 0.15) is 10.4 Å². The van der Waals surface area contributed by atoms with Gasteiger partial charge in [0, 0.05) is 5.56 Å². The van der Waals surface area contributed by atoms with Gasteiger partial charge in [0.2, 0.25) is 0 Å². The molecule has 1 rings (SSSR count). The molecule has 0 atom stereocenters. The maximum absolute atomic E-state index is 11.0. The molecule has 0 bridgehead atoms. The molecule has 0 aliphatic carbocycles. The van der Waals surface area contributed by atoms with Crippen molar-refractivity contribution in [2.45, 2.75) is 4.90 Å². The number of allylic oxidation sites excluding steroid dienone is 1. The number of carbonyl (C=O) groups excluding carboxylic acids is 1. The van der Waals surface area contributed by atoms with E-state index < -0.39 is 10.1 Å². The first kappa shape index (κ1) is 14.5. The van der Waals surface area contributed by atoms with Crippen molar-refractivity contribution in [3.05, 3.63) is 42.5 Å². The van der Waals surface area contributed by atoms with Gasteiger partial charge in [-0.25, -0.2) is 8.42 Å². The first-order valence-electron chi connectivity index (χ1n) is 3.68. The van der Waals surface area contributed by atoms with Crippen molar-refractivity contribution in [1.29, 1.82) is 0 Å². The summed E-state index contributed by atoms with van der Waals surface area (Å²) >= 11 is 0. The predicted molar refractivity (Wildman–Crippen MR) is 48.9 cm³/mol. The molecule has 0 N–H and O–H groups in total. The van der Waals surface area contributed by atoms with Crippen LogP contribution in [0.15, 0.2) is 41.8 Å². The Morgan fingerprint density at radius 2 is 1.73 bits per heavy atom. The van der Waals surface area contributed by atoms with Crippen molar-refractivity contribution in [3.63, 3.8) is 0 Å². The molecule has 0 heterocycles. The van der Waals surface area contributed by atoms with Crippen LogP contribution in [0.3, 0.4) is 0 Å². The van der Waals surface area contributed by atoms with E-state index in [-0.39, 0.29) is 40.2 Å². The summed E-state index contributed by atoms with van der Waals surface area (Å²) in [5.41, 5.74) is 0.299. The Labute approximate surface area is 110 Å². The van der Waals surface area contributed by atoms with Crippen LogP contribution in [0.25, 0.3) is 0 Å². The molecule has 1 aromatic carbocycles. The Kier molecular flexibility index (Phi) is 5.41. The van der Waals surface area contributed by atoms with Gasteiger partial charge in [-0.05, 0) is 30.3 Å². The van der Waals surface area contributed by atoms with Gasteiger partial charge in [-0.3, -0.25) is 4.79 Å². The van der Waals surface area contributed by atoms with Gasteiger partial charge < -0.3 is 4.55 Å². The average Bonchev–Trinajstić information content (AvgIpc) is 2.15. The molecular formula is C9H7NaO4S. The van der Waals surface area contributed by atoms with Gasteiger partial charge in [0.05, 0.1) is 4.90 Å². The van der Waals surface area contributed by atoms with E-state index in [0.717, 1.165) is 18.2 Å². The summed E-state index contributed by atoms with van der Waals surface area (Å²) in [5, 5.41) is 0. The summed E-state index contributed by atoms with van der Waals surface area (Å²) in [6, 6.07) is 4.74. The molecule has 0 radical (unpaired) electrons. The summed E-state index contributed by atoms with van der Waals surface area (Å²) in [6.45, 7) is 3.28. The maximum atomic E-state index is 11.0. The van der Waals surface area contributed by atoms with E-state index in [1.807, 2.05) is 0 Å². The zero-order valence-corrected chi connectivity index (χ0v) is 11.0. The maximum Gasteiger partial charge on any atom is 1.00 e. The van der Waals surface area contributed by atoms with Crippen molar-refractivity contribution in [2.24, 2.45) is 0 Å². The number of hydrogen-bond acceptors (Lipinski definition) is 4. The number of ketones is 1. The van der Waals surface area contributed by atoms with Crippen LogP contribution in [0.2, 0.25) is 0 Å². The van der Waals surface area contributed by atoms with Crippen molar-refractivity contribution >= 4 is 15.9 Å². The largest absolute Gasteiger partial charge is 1.00 e. The van der Waals surface area contributed by atoms with E-state index in [2.05, 4.69) is 6.58 Å². The quantitative estimate of drug-likeness (QED) is 0.261. The number of benzene rings is 1. The van der Waals surface area contributed by atoms with Gasteiger partial charge in [-0.1, -0.05) is 6.58 Å². The fourth-order valence-electron chi connectivity index (χ4n) is 0.904. The van der Waals surface area contributed by atoms with E-state index in [0.29, 0.717) is 5.56 Å². The van der Waals surface area contributed by atoms with E-state index in [4.69, 9.17) is 0 Å². The molecule has 6 heteroatoms. The third-order valence-electron chi connectivity index (χ3n) is 1.61. The van der Waals surface area contributed by atoms with Gasteiger partial charge in [0.1, 0.15) is 10.1 Å². The van der Waals surface area contributed by atoms with E-state index in [1.54, 1.807) is 0 Å². The Balaban J connectivity index is 0.00000196. The third kappa shape index (κ3) is 3.89. The van der Waals surface area contributed by atoms with Crippen LogP contribution in [-0.4, -0.2) is 18.8 Å². The fourth-order valence-corrected chi connectivity index (χ4v) is 1.37. The topological polar surface area (TPSA) is 74.3 Å². The smallest absolute Gasteiger partial charge is 0.744 e. The first-order valence-corrected chi connectivity index (χ1v) is 5.08. The molecule has 0 fully saturated rings. The fraction of sp³-hybridized carbons (Fsp3) is 0. The van der Waals surface area contributed by atoms with Crippen LogP contribution in [0.5, 0.6) is 0 Å². The van der Waals surface area contributed by atoms with E-state index in [1.165, 1.54) is 12.1 Å². The molecule has 0 aliphatic heterocycles. The van der Waals surface area contributed by atoms with Gasteiger partial charge in [-0.15, -0.1) is 0 Å². The monoisotopic (exact) mass is 234 g/mol. The Bertz CT molecular complexity index is 461. The van der Waals surface area contributed by atoms with Crippen LogP contribution in [0, 0.1) is 0 Å². The van der Waals surface area contributed by atoms with Gasteiger partial charge >= 0.3 is 29.6 Å². The normalized spacial score (nSPS) is 10.2. The molecule has 0 unspecified atom stereocenters. The number of rotatable bonds is 3.